The van der Waals surface area contributed by atoms with Gasteiger partial charge < -0.3 is 4.74 Å². The van der Waals surface area contributed by atoms with E-state index in [1.807, 2.05) is 6.07 Å². The molecular weight excluding hydrogens is 306 g/mol. The van der Waals surface area contributed by atoms with Gasteiger partial charge in [-0.3, -0.25) is 0 Å². The highest BCUT2D eigenvalue weighted by molar-refractivity contribution is 7.21. The largest absolute Gasteiger partial charge is 0.480 e. The number of methoxy groups -OCH3 is 1. The summed E-state index contributed by atoms with van der Waals surface area (Å²) in [5, 5.41) is 0.975. The Kier molecular flexibility index (Phi) is 3.23. The van der Waals surface area contributed by atoms with Crippen molar-refractivity contribution in [1.29, 1.82) is 0 Å². The molecule has 0 aliphatic rings. The van der Waals surface area contributed by atoms with Crippen molar-refractivity contribution in [3.05, 3.63) is 47.7 Å². The van der Waals surface area contributed by atoms with Crippen LogP contribution >= 0.6 is 11.3 Å². The lowest BCUT2D eigenvalue weighted by atomic mass is 10.1. The van der Waals surface area contributed by atoms with Gasteiger partial charge in [-0.15, -0.1) is 11.3 Å². The van der Waals surface area contributed by atoms with E-state index in [-0.39, 0.29) is 0 Å². The molecule has 0 fully saturated rings. The smallest absolute Gasteiger partial charge is 0.232 e. The number of thiazole rings is 1. The van der Waals surface area contributed by atoms with E-state index in [1.165, 1.54) is 10.3 Å². The van der Waals surface area contributed by atoms with Crippen molar-refractivity contribution < 1.29 is 4.74 Å². The van der Waals surface area contributed by atoms with Crippen molar-refractivity contribution in [3.63, 3.8) is 0 Å². The number of fused-ring (bicyclic) bond motifs is 2. The molecule has 2 aromatic heterocycles. The van der Waals surface area contributed by atoms with Gasteiger partial charge in [-0.05, 0) is 43.2 Å². The zero-order valence-electron chi connectivity index (χ0n) is 13.1. The molecule has 4 rings (SSSR count). The zero-order chi connectivity index (χ0) is 16.0. The molecule has 0 bridgehead atoms. The summed E-state index contributed by atoms with van der Waals surface area (Å²) in [5.74, 6) is 0.522. The fraction of sp³-hybridized carbons (Fsp3) is 0.167. The van der Waals surface area contributed by atoms with Crippen LogP contribution in [0.1, 0.15) is 11.1 Å². The second-order valence-electron chi connectivity index (χ2n) is 5.53. The Morgan fingerprint density at radius 3 is 2.70 bits per heavy atom. The number of rotatable bonds is 2. The highest BCUT2D eigenvalue weighted by Gasteiger charge is 2.13. The van der Waals surface area contributed by atoms with Crippen LogP contribution in [-0.4, -0.2) is 22.1 Å². The van der Waals surface area contributed by atoms with E-state index in [1.54, 1.807) is 24.6 Å². The first kappa shape index (κ1) is 14.1. The van der Waals surface area contributed by atoms with Crippen LogP contribution in [0.15, 0.2) is 36.5 Å². The maximum atomic E-state index is 5.18. The first-order valence-electron chi connectivity index (χ1n) is 7.33. The molecule has 0 saturated heterocycles. The van der Waals surface area contributed by atoms with Gasteiger partial charge in [0, 0.05) is 5.56 Å². The number of ether oxygens (including phenoxy) is 1. The number of hydrogen-bond donors (Lipinski definition) is 0. The van der Waals surface area contributed by atoms with E-state index in [2.05, 4.69) is 48.1 Å². The van der Waals surface area contributed by atoms with Gasteiger partial charge in [0.2, 0.25) is 5.88 Å². The standard InChI is InChI=1S/C18H15N3OS/c1-10-7-12(17-13(8-10)20-15(22-3)9-19-17)18-21-16-11(2)5-4-6-14(16)23-18/h4-9H,1-3H3. The minimum atomic E-state index is 0.522. The topological polar surface area (TPSA) is 47.9 Å². The summed E-state index contributed by atoms with van der Waals surface area (Å²) < 4.78 is 6.38. The van der Waals surface area contributed by atoms with Crippen molar-refractivity contribution in [3.8, 4) is 16.5 Å². The number of hydrogen-bond acceptors (Lipinski definition) is 5. The van der Waals surface area contributed by atoms with Gasteiger partial charge >= 0.3 is 0 Å². The van der Waals surface area contributed by atoms with Gasteiger partial charge in [-0.25, -0.2) is 15.0 Å². The van der Waals surface area contributed by atoms with Crippen molar-refractivity contribution in [2.45, 2.75) is 13.8 Å². The minimum absolute atomic E-state index is 0.522. The summed E-state index contributed by atoms with van der Waals surface area (Å²) in [6.45, 7) is 4.15. The predicted octanol–water partition coefficient (Wildman–Crippen LogP) is 4.53. The first-order valence-corrected chi connectivity index (χ1v) is 8.15. The summed E-state index contributed by atoms with van der Waals surface area (Å²) in [6, 6.07) is 10.4. The number of para-hydroxylation sites is 1. The molecule has 0 amide bonds. The van der Waals surface area contributed by atoms with Crippen LogP contribution < -0.4 is 4.74 Å². The maximum absolute atomic E-state index is 5.18. The SMILES string of the molecule is COc1cnc2c(-c3nc4c(C)cccc4s3)cc(C)cc2n1. The van der Waals surface area contributed by atoms with Gasteiger partial charge in [0.1, 0.15) is 5.01 Å². The van der Waals surface area contributed by atoms with Crippen molar-refractivity contribution in [1.82, 2.24) is 15.0 Å². The fourth-order valence-electron chi connectivity index (χ4n) is 2.71. The summed E-state index contributed by atoms with van der Waals surface area (Å²) in [7, 11) is 1.60. The van der Waals surface area contributed by atoms with Crippen LogP contribution in [0.3, 0.4) is 0 Å². The van der Waals surface area contributed by atoms with E-state index in [0.29, 0.717) is 5.88 Å². The van der Waals surface area contributed by atoms with E-state index in [9.17, 15) is 0 Å². The van der Waals surface area contributed by atoms with E-state index >= 15 is 0 Å². The van der Waals surface area contributed by atoms with Crippen molar-refractivity contribution in [2.75, 3.05) is 7.11 Å². The highest BCUT2D eigenvalue weighted by Crippen LogP contribution is 2.35. The Bertz CT molecular complexity index is 1040. The Morgan fingerprint density at radius 1 is 1.04 bits per heavy atom. The zero-order valence-corrected chi connectivity index (χ0v) is 13.9. The summed E-state index contributed by atoms with van der Waals surface area (Å²) >= 11 is 1.69. The molecule has 0 saturated carbocycles. The molecule has 0 spiro atoms. The maximum Gasteiger partial charge on any atom is 0.232 e. The molecule has 23 heavy (non-hydrogen) atoms. The number of benzene rings is 2. The molecule has 5 heteroatoms. The van der Waals surface area contributed by atoms with Gasteiger partial charge in [-0.1, -0.05) is 12.1 Å². The van der Waals surface area contributed by atoms with Crippen LogP contribution in [0.25, 0.3) is 31.8 Å². The van der Waals surface area contributed by atoms with Crippen LogP contribution in [0, 0.1) is 13.8 Å². The molecule has 2 aromatic carbocycles. The molecule has 0 unspecified atom stereocenters. The summed E-state index contributed by atoms with van der Waals surface area (Å²) in [6.07, 6.45) is 1.65. The number of aryl methyl sites for hydroxylation is 2. The third-order valence-electron chi connectivity index (χ3n) is 3.83. The first-order chi connectivity index (χ1) is 11.2. The Balaban J connectivity index is 2.01. The molecule has 0 N–H and O–H groups in total. The van der Waals surface area contributed by atoms with Crippen LogP contribution in [-0.2, 0) is 0 Å². The van der Waals surface area contributed by atoms with Gasteiger partial charge in [0.15, 0.2) is 0 Å². The molecular formula is C18H15N3OS. The number of aromatic nitrogens is 3. The lowest BCUT2D eigenvalue weighted by Crippen LogP contribution is -1.93. The lowest BCUT2D eigenvalue weighted by Gasteiger charge is -2.06. The average molecular weight is 321 g/mol. The Labute approximate surface area is 137 Å². The second-order valence-corrected chi connectivity index (χ2v) is 6.56. The molecule has 0 aliphatic heterocycles. The molecule has 4 nitrogen and oxygen atoms in total. The van der Waals surface area contributed by atoms with Gasteiger partial charge in [0.05, 0.1) is 34.6 Å². The molecule has 0 aliphatic carbocycles. The molecule has 2 heterocycles. The summed E-state index contributed by atoms with van der Waals surface area (Å²) in [5.41, 5.74) is 6.09. The lowest BCUT2D eigenvalue weighted by molar-refractivity contribution is 0.397. The highest BCUT2D eigenvalue weighted by atomic mass is 32.1. The van der Waals surface area contributed by atoms with Crippen molar-refractivity contribution >= 4 is 32.6 Å². The van der Waals surface area contributed by atoms with Gasteiger partial charge in [-0.2, -0.15) is 0 Å². The van der Waals surface area contributed by atoms with Crippen molar-refractivity contribution in [2.24, 2.45) is 0 Å². The average Bonchev–Trinajstić information content (AvgIpc) is 2.99. The quantitative estimate of drug-likeness (QED) is 0.544. The van der Waals surface area contributed by atoms with Gasteiger partial charge in [0.25, 0.3) is 0 Å². The third kappa shape index (κ3) is 2.33. The predicted molar refractivity (Wildman–Crippen MR) is 94.2 cm³/mol. The van der Waals surface area contributed by atoms with Crippen LogP contribution in [0.5, 0.6) is 5.88 Å². The molecule has 4 aromatic rings. The van der Waals surface area contributed by atoms with E-state index in [4.69, 9.17) is 9.72 Å². The third-order valence-corrected chi connectivity index (χ3v) is 4.88. The van der Waals surface area contributed by atoms with Crippen LogP contribution in [0.4, 0.5) is 0 Å². The van der Waals surface area contributed by atoms with E-state index in [0.717, 1.165) is 32.7 Å². The molecule has 0 atom stereocenters. The Morgan fingerprint density at radius 2 is 1.91 bits per heavy atom. The van der Waals surface area contributed by atoms with E-state index < -0.39 is 0 Å². The molecule has 0 radical (unpaired) electrons. The Hall–Kier alpha value is -2.53. The fourth-order valence-corrected chi connectivity index (χ4v) is 3.77. The minimum Gasteiger partial charge on any atom is -0.480 e. The number of nitrogens with zero attached hydrogens (tertiary/aromatic N) is 3. The van der Waals surface area contributed by atoms with Crippen LogP contribution in [0.2, 0.25) is 0 Å². The second kappa shape index (κ2) is 5.28. The summed E-state index contributed by atoms with van der Waals surface area (Å²) in [4.78, 5) is 13.9. The monoisotopic (exact) mass is 321 g/mol. The normalized spacial score (nSPS) is 11.3. The molecule has 114 valence electrons.